The van der Waals surface area contributed by atoms with Crippen LogP contribution in [-0.2, 0) is 4.79 Å². The highest BCUT2D eigenvalue weighted by Crippen LogP contribution is 2.27. The van der Waals surface area contributed by atoms with Crippen LogP contribution >= 0.6 is 0 Å². The second-order valence-corrected chi connectivity index (χ2v) is 3.69. The van der Waals surface area contributed by atoms with E-state index in [1.165, 1.54) is 0 Å². The molecule has 1 aromatic rings. The Kier molecular flexibility index (Phi) is 5.29. The van der Waals surface area contributed by atoms with Crippen molar-refractivity contribution in [2.75, 3.05) is 7.11 Å². The Morgan fingerprint density at radius 2 is 2.06 bits per heavy atom. The first-order valence-corrected chi connectivity index (χ1v) is 5.46. The molecule has 0 aliphatic rings. The summed E-state index contributed by atoms with van der Waals surface area (Å²) in [6.45, 7) is 1.90. The zero-order valence-corrected chi connectivity index (χ0v) is 10.1. The Bertz CT molecular complexity index is 369. The van der Waals surface area contributed by atoms with E-state index < -0.39 is 0 Å². The van der Waals surface area contributed by atoms with E-state index >= 15 is 0 Å². The molecule has 1 unspecified atom stereocenters. The van der Waals surface area contributed by atoms with Gasteiger partial charge in [-0.1, -0.05) is 12.1 Å². The summed E-state index contributed by atoms with van der Waals surface area (Å²) in [5.41, 5.74) is 2.09. The Labute approximate surface area is 101 Å². The zero-order valence-electron chi connectivity index (χ0n) is 10.1. The van der Waals surface area contributed by atoms with Crippen LogP contribution in [0.1, 0.15) is 19.8 Å². The summed E-state index contributed by atoms with van der Waals surface area (Å²) in [6.07, 6.45) is 0.858. The molecular weight excluding hydrogens is 220 g/mol. The molecule has 1 rings (SSSR count). The Hall–Kier alpha value is -1.75. The average molecular weight is 238 g/mol. The van der Waals surface area contributed by atoms with Gasteiger partial charge < -0.3 is 9.47 Å². The van der Waals surface area contributed by atoms with Crippen LogP contribution in [0.3, 0.4) is 0 Å². The lowest BCUT2D eigenvalue weighted by atomic mass is 10.2. The lowest BCUT2D eigenvalue weighted by Crippen LogP contribution is -2.30. The summed E-state index contributed by atoms with van der Waals surface area (Å²) in [7, 11) is 1.59. The Balaban J connectivity index is 2.50. The van der Waals surface area contributed by atoms with Gasteiger partial charge in [-0.05, 0) is 25.5 Å². The van der Waals surface area contributed by atoms with Crippen molar-refractivity contribution in [3.05, 3.63) is 24.3 Å². The van der Waals surface area contributed by atoms with Crippen molar-refractivity contribution >= 4 is 5.91 Å². The molecule has 0 saturated carbocycles. The van der Waals surface area contributed by atoms with E-state index in [1.807, 2.05) is 31.2 Å². The highest BCUT2D eigenvalue weighted by molar-refractivity contribution is 5.75. The molecule has 1 amide bonds. The molecule has 17 heavy (non-hydrogen) atoms. The lowest BCUT2D eigenvalue weighted by molar-refractivity contribution is -0.121. The summed E-state index contributed by atoms with van der Waals surface area (Å²) in [6, 6.07) is 7.41. The average Bonchev–Trinajstić information content (AvgIpc) is 2.36. The van der Waals surface area contributed by atoms with Gasteiger partial charge in [-0.25, -0.2) is 5.84 Å². The van der Waals surface area contributed by atoms with Crippen LogP contribution in [0.4, 0.5) is 0 Å². The highest BCUT2D eigenvalue weighted by atomic mass is 16.5. The van der Waals surface area contributed by atoms with Crippen molar-refractivity contribution in [3.8, 4) is 11.5 Å². The largest absolute Gasteiger partial charge is 0.493 e. The van der Waals surface area contributed by atoms with Gasteiger partial charge in [0.2, 0.25) is 5.91 Å². The van der Waals surface area contributed by atoms with Crippen molar-refractivity contribution < 1.29 is 14.3 Å². The number of nitrogens with one attached hydrogen (secondary N) is 1. The minimum Gasteiger partial charge on any atom is -0.493 e. The van der Waals surface area contributed by atoms with Gasteiger partial charge in [-0.2, -0.15) is 0 Å². The smallest absolute Gasteiger partial charge is 0.234 e. The maximum atomic E-state index is 11.0. The molecule has 0 bridgehead atoms. The molecule has 5 nitrogen and oxygen atoms in total. The van der Waals surface area contributed by atoms with Crippen LogP contribution in [0, 0.1) is 0 Å². The number of amides is 1. The maximum absolute atomic E-state index is 11.0. The van der Waals surface area contributed by atoms with E-state index in [1.54, 1.807) is 7.11 Å². The van der Waals surface area contributed by atoms with Crippen LogP contribution in [0.15, 0.2) is 24.3 Å². The van der Waals surface area contributed by atoms with Crippen LogP contribution < -0.4 is 20.7 Å². The van der Waals surface area contributed by atoms with E-state index in [2.05, 4.69) is 5.43 Å². The van der Waals surface area contributed by atoms with Gasteiger partial charge in [-0.15, -0.1) is 0 Å². The first kappa shape index (κ1) is 13.3. The van der Waals surface area contributed by atoms with Gasteiger partial charge in [0.25, 0.3) is 0 Å². The second kappa shape index (κ2) is 6.75. The van der Waals surface area contributed by atoms with Gasteiger partial charge in [0, 0.05) is 6.42 Å². The molecule has 3 N–H and O–H groups in total. The molecule has 0 saturated heterocycles. The fourth-order valence-corrected chi connectivity index (χ4v) is 1.40. The molecule has 0 radical (unpaired) electrons. The number of nitrogens with two attached hydrogens (primary N) is 1. The highest BCUT2D eigenvalue weighted by Gasteiger charge is 2.10. The van der Waals surface area contributed by atoms with Gasteiger partial charge in [0.15, 0.2) is 11.5 Å². The maximum Gasteiger partial charge on any atom is 0.234 e. The van der Waals surface area contributed by atoms with Crippen LogP contribution in [-0.4, -0.2) is 19.1 Å². The Morgan fingerprint density at radius 3 is 2.65 bits per heavy atom. The molecule has 94 valence electrons. The van der Waals surface area contributed by atoms with Crippen molar-refractivity contribution in [1.29, 1.82) is 0 Å². The molecule has 5 heteroatoms. The fraction of sp³-hybridized carbons (Fsp3) is 0.417. The summed E-state index contributed by atoms with van der Waals surface area (Å²) in [4.78, 5) is 11.0. The van der Waals surface area contributed by atoms with E-state index in [0.29, 0.717) is 24.3 Å². The summed E-state index contributed by atoms with van der Waals surface area (Å²) >= 11 is 0. The van der Waals surface area contributed by atoms with Crippen molar-refractivity contribution in [1.82, 2.24) is 5.43 Å². The molecule has 1 atom stereocenters. The van der Waals surface area contributed by atoms with Crippen molar-refractivity contribution in [2.24, 2.45) is 5.84 Å². The molecule has 0 aromatic heterocycles. The topological polar surface area (TPSA) is 73.6 Å². The third-order valence-corrected chi connectivity index (χ3v) is 2.34. The van der Waals surface area contributed by atoms with Crippen molar-refractivity contribution in [2.45, 2.75) is 25.9 Å². The van der Waals surface area contributed by atoms with E-state index in [4.69, 9.17) is 15.3 Å². The fourth-order valence-electron chi connectivity index (χ4n) is 1.40. The number of benzene rings is 1. The summed E-state index contributed by atoms with van der Waals surface area (Å²) in [5.74, 6) is 6.16. The summed E-state index contributed by atoms with van der Waals surface area (Å²) in [5, 5.41) is 0. The lowest BCUT2D eigenvalue weighted by Gasteiger charge is -2.16. The van der Waals surface area contributed by atoms with Crippen LogP contribution in [0.25, 0.3) is 0 Å². The number of hydrazine groups is 1. The predicted molar refractivity (Wildman–Crippen MR) is 64.6 cm³/mol. The molecular formula is C12H18N2O3. The van der Waals surface area contributed by atoms with Crippen LogP contribution in [0.2, 0.25) is 0 Å². The molecule has 0 heterocycles. The zero-order chi connectivity index (χ0) is 12.7. The molecule has 0 aliphatic heterocycles. The van der Waals surface area contributed by atoms with Crippen LogP contribution in [0.5, 0.6) is 11.5 Å². The van der Waals surface area contributed by atoms with E-state index in [9.17, 15) is 4.79 Å². The van der Waals surface area contributed by atoms with Gasteiger partial charge in [0.05, 0.1) is 13.2 Å². The number of carbonyl (C=O) groups is 1. The number of carbonyl (C=O) groups excluding carboxylic acids is 1. The monoisotopic (exact) mass is 238 g/mol. The van der Waals surface area contributed by atoms with Gasteiger partial charge in [0.1, 0.15) is 0 Å². The number of hydrogen-bond donors (Lipinski definition) is 2. The summed E-state index contributed by atoms with van der Waals surface area (Å²) < 4.78 is 10.9. The number of rotatable bonds is 6. The first-order chi connectivity index (χ1) is 8.17. The SMILES string of the molecule is COc1ccccc1OC(C)CCC(=O)NN. The third kappa shape index (κ3) is 4.32. The molecule has 0 aliphatic carbocycles. The normalized spacial score (nSPS) is 11.7. The minimum absolute atomic E-state index is 0.0800. The molecule has 1 aromatic carbocycles. The van der Waals surface area contributed by atoms with Gasteiger partial charge >= 0.3 is 0 Å². The first-order valence-electron chi connectivity index (χ1n) is 5.46. The second-order valence-electron chi connectivity index (χ2n) is 3.69. The van der Waals surface area contributed by atoms with Crippen molar-refractivity contribution in [3.63, 3.8) is 0 Å². The number of ether oxygens (including phenoxy) is 2. The predicted octanol–water partition coefficient (Wildman–Crippen LogP) is 1.23. The standard InChI is InChI=1S/C12H18N2O3/c1-9(7-8-12(15)14-13)17-11-6-4-3-5-10(11)16-2/h3-6,9H,7-8,13H2,1-2H3,(H,14,15). The quantitative estimate of drug-likeness (QED) is 0.444. The van der Waals surface area contributed by atoms with Gasteiger partial charge in [-0.3, -0.25) is 10.2 Å². The Morgan fingerprint density at radius 1 is 1.41 bits per heavy atom. The molecule has 0 fully saturated rings. The minimum atomic E-state index is -0.194. The third-order valence-electron chi connectivity index (χ3n) is 2.34. The van der Waals surface area contributed by atoms with E-state index in [0.717, 1.165) is 0 Å². The number of hydrogen-bond acceptors (Lipinski definition) is 4. The number of methoxy groups -OCH3 is 1. The molecule has 0 spiro atoms. The van der Waals surface area contributed by atoms with E-state index in [-0.39, 0.29) is 12.0 Å². The number of para-hydroxylation sites is 2.